The van der Waals surface area contributed by atoms with Crippen molar-refractivity contribution < 1.29 is 0 Å². The molecule has 1 fully saturated rings. The van der Waals surface area contributed by atoms with E-state index in [-0.39, 0.29) is 5.25 Å². The van der Waals surface area contributed by atoms with E-state index >= 15 is 0 Å². The van der Waals surface area contributed by atoms with Crippen molar-refractivity contribution in [2.45, 2.75) is 63.0 Å². The van der Waals surface area contributed by atoms with E-state index in [2.05, 4.69) is 133 Å². The molecule has 2 unspecified atom stereocenters. The van der Waals surface area contributed by atoms with Gasteiger partial charge in [0.15, 0.2) is 0 Å². The van der Waals surface area contributed by atoms with Crippen LogP contribution in [0.15, 0.2) is 142 Å². The Hall–Kier alpha value is -3.52. The lowest BCUT2D eigenvalue weighted by Gasteiger charge is -2.35. The van der Waals surface area contributed by atoms with Crippen LogP contribution in [0, 0.1) is 0 Å². The van der Waals surface area contributed by atoms with Gasteiger partial charge in [0.05, 0.1) is 21.2 Å². The first-order valence-corrected chi connectivity index (χ1v) is 18.2. The number of allylic oxidation sites excluding steroid dienone is 8. The average molecular weight is 649 g/mol. The molecule has 0 saturated carbocycles. The molecule has 0 bridgehead atoms. The number of anilines is 3. The van der Waals surface area contributed by atoms with Gasteiger partial charge in [-0.25, -0.2) is 9.39 Å². The molecule has 1 aliphatic heterocycles. The Labute approximate surface area is 280 Å². The molecule has 3 aromatic rings. The van der Waals surface area contributed by atoms with Gasteiger partial charge in [0.1, 0.15) is 10.0 Å². The predicted octanol–water partition coefficient (Wildman–Crippen LogP) is 11.6. The van der Waals surface area contributed by atoms with Crippen LogP contribution in [0.2, 0.25) is 0 Å². The molecule has 7 heteroatoms. The number of hydrogen-bond acceptors (Lipinski definition) is 7. The summed E-state index contributed by atoms with van der Waals surface area (Å²) in [6.45, 7) is 8.21. The number of para-hydroxylation sites is 2. The highest BCUT2D eigenvalue weighted by Gasteiger charge is 2.35. The summed E-state index contributed by atoms with van der Waals surface area (Å²) < 4.78 is 5.04. The van der Waals surface area contributed by atoms with E-state index in [0.29, 0.717) is 5.37 Å². The van der Waals surface area contributed by atoms with Gasteiger partial charge in [-0.05, 0) is 101 Å². The van der Waals surface area contributed by atoms with Gasteiger partial charge in [0, 0.05) is 40.4 Å². The zero-order chi connectivity index (χ0) is 31.0. The Morgan fingerprint density at radius 3 is 2.29 bits per heavy atom. The SMILES string of the molecule is C=C(C)/N=C(\S/N=C(\C)c1ccc(N(c2ccccc2)c2ccccc2)s1)C1CCC(N(C2=CCCC=C2)C2=CC=CCC2)S1. The third-order valence-corrected chi connectivity index (χ3v) is 11.7. The summed E-state index contributed by atoms with van der Waals surface area (Å²) in [6, 6.07) is 25.4. The zero-order valence-electron chi connectivity index (χ0n) is 26.0. The van der Waals surface area contributed by atoms with Gasteiger partial charge in [-0.15, -0.1) is 23.1 Å². The molecule has 45 heavy (non-hydrogen) atoms. The van der Waals surface area contributed by atoms with E-state index in [1.54, 1.807) is 11.3 Å². The third kappa shape index (κ3) is 7.83. The van der Waals surface area contributed by atoms with E-state index in [9.17, 15) is 0 Å². The highest BCUT2D eigenvalue weighted by Crippen LogP contribution is 2.44. The normalized spacial score (nSPS) is 20.1. The van der Waals surface area contributed by atoms with Crippen molar-refractivity contribution in [1.82, 2.24) is 4.90 Å². The second-order valence-corrected chi connectivity index (χ2v) is 14.6. The standard InChI is InChI=1S/C38H40N4S3/c1-28(2)39-38(35-25-27-37(44-35)42(32-20-12-6-13-21-32)33-22-14-7-15-23-33)45-40-29(3)34-24-26-36(43-34)41(30-16-8-4-9-17-30)31-18-10-5-11-19-31/h4-6,8-12,14,16-20,22-24,26,35,37H,1,7,13,15,21,25,27H2,2-3H3/b39-38-,40-29+. The molecule has 0 N–H and O–H groups in total. The van der Waals surface area contributed by atoms with Crippen LogP contribution in [-0.4, -0.2) is 26.3 Å². The van der Waals surface area contributed by atoms with Gasteiger partial charge in [0.25, 0.3) is 0 Å². The van der Waals surface area contributed by atoms with Crippen molar-refractivity contribution in [1.29, 1.82) is 0 Å². The number of nitrogens with zero attached hydrogens (tertiary/aromatic N) is 4. The first-order valence-electron chi connectivity index (χ1n) is 15.7. The van der Waals surface area contributed by atoms with Crippen LogP contribution in [0.1, 0.15) is 57.2 Å². The Bertz CT molecular complexity index is 1620. The van der Waals surface area contributed by atoms with Crippen LogP contribution in [-0.2, 0) is 0 Å². The number of thiophene rings is 1. The maximum Gasteiger partial charge on any atom is 0.109 e. The van der Waals surface area contributed by atoms with E-state index in [1.807, 2.05) is 18.7 Å². The quantitative estimate of drug-likeness (QED) is 0.124. The molecule has 1 aromatic heterocycles. The summed E-state index contributed by atoms with van der Waals surface area (Å²) in [5.41, 5.74) is 6.86. The Morgan fingerprint density at radius 2 is 1.64 bits per heavy atom. The van der Waals surface area contributed by atoms with Gasteiger partial charge in [-0.3, -0.25) is 0 Å². The summed E-state index contributed by atoms with van der Waals surface area (Å²) in [7, 11) is 0. The summed E-state index contributed by atoms with van der Waals surface area (Å²) in [4.78, 5) is 11.0. The second kappa shape index (κ2) is 15.2. The van der Waals surface area contributed by atoms with Crippen LogP contribution in [0.3, 0.4) is 0 Å². The minimum absolute atomic E-state index is 0.286. The fourth-order valence-electron chi connectivity index (χ4n) is 5.78. The molecule has 1 saturated heterocycles. The number of hydrogen-bond donors (Lipinski definition) is 0. The molecule has 230 valence electrons. The summed E-state index contributed by atoms with van der Waals surface area (Å²) >= 11 is 5.31. The predicted molar refractivity (Wildman–Crippen MR) is 200 cm³/mol. The van der Waals surface area contributed by atoms with Gasteiger partial charge >= 0.3 is 0 Å². The smallest absolute Gasteiger partial charge is 0.109 e. The molecule has 0 amide bonds. The molecule has 0 radical (unpaired) electrons. The van der Waals surface area contributed by atoms with Crippen molar-refractivity contribution in [3.63, 3.8) is 0 Å². The van der Waals surface area contributed by atoms with Gasteiger partial charge in [-0.2, -0.15) is 0 Å². The van der Waals surface area contributed by atoms with E-state index in [0.717, 1.165) is 76.2 Å². The Morgan fingerprint density at radius 1 is 0.889 bits per heavy atom. The van der Waals surface area contributed by atoms with Gasteiger partial charge in [-0.1, -0.05) is 67.3 Å². The lowest BCUT2D eigenvalue weighted by molar-refractivity contribution is 0.385. The van der Waals surface area contributed by atoms with Gasteiger partial charge < -0.3 is 9.80 Å². The molecule has 4 nitrogen and oxygen atoms in total. The number of thioether (sulfide) groups is 1. The van der Waals surface area contributed by atoms with Crippen LogP contribution in [0.4, 0.5) is 16.4 Å². The Balaban J connectivity index is 1.20. The van der Waals surface area contributed by atoms with E-state index in [1.165, 1.54) is 23.3 Å². The molecular weight excluding hydrogens is 609 g/mol. The van der Waals surface area contributed by atoms with Crippen LogP contribution in [0.25, 0.3) is 0 Å². The first kappa shape index (κ1) is 31.5. The lowest BCUT2D eigenvalue weighted by Crippen LogP contribution is -2.30. The number of rotatable bonds is 10. The van der Waals surface area contributed by atoms with Crippen LogP contribution in [0.5, 0.6) is 0 Å². The maximum atomic E-state index is 5.04. The van der Waals surface area contributed by atoms with E-state index in [4.69, 9.17) is 9.39 Å². The minimum Gasteiger partial charge on any atom is -0.333 e. The summed E-state index contributed by atoms with van der Waals surface area (Å²) in [6.07, 6.45) is 20.4. The van der Waals surface area contributed by atoms with Crippen molar-refractivity contribution in [2.24, 2.45) is 9.39 Å². The molecule has 2 aromatic carbocycles. The average Bonchev–Trinajstić information content (AvgIpc) is 3.76. The first-order chi connectivity index (χ1) is 22.1. The van der Waals surface area contributed by atoms with Gasteiger partial charge in [0.2, 0.25) is 0 Å². The monoisotopic (exact) mass is 648 g/mol. The maximum absolute atomic E-state index is 5.04. The molecule has 0 spiro atoms. The molecule has 2 aliphatic carbocycles. The molecular formula is C38H40N4S3. The van der Waals surface area contributed by atoms with Crippen molar-refractivity contribution in [2.75, 3.05) is 4.90 Å². The zero-order valence-corrected chi connectivity index (χ0v) is 28.5. The molecule has 6 rings (SSSR count). The molecule has 2 atom stereocenters. The molecule has 2 heterocycles. The third-order valence-electron chi connectivity index (χ3n) is 7.89. The lowest BCUT2D eigenvalue weighted by atomic mass is 10.1. The van der Waals surface area contributed by atoms with Crippen molar-refractivity contribution in [3.8, 4) is 0 Å². The van der Waals surface area contributed by atoms with E-state index < -0.39 is 0 Å². The minimum atomic E-state index is 0.286. The van der Waals surface area contributed by atoms with Crippen molar-refractivity contribution in [3.05, 3.63) is 138 Å². The summed E-state index contributed by atoms with van der Waals surface area (Å²) in [5.74, 6) is 0. The Kier molecular flexibility index (Phi) is 10.6. The largest absolute Gasteiger partial charge is 0.333 e. The molecule has 3 aliphatic rings. The summed E-state index contributed by atoms with van der Waals surface area (Å²) in [5, 5.41) is 2.87. The highest BCUT2D eigenvalue weighted by atomic mass is 32.2. The fraction of sp³-hybridized carbons (Fsp3) is 0.263. The second-order valence-electron chi connectivity index (χ2n) is 11.4. The number of aliphatic imine (C=N–C) groups is 1. The topological polar surface area (TPSA) is 31.2 Å². The number of benzene rings is 2. The fourth-order valence-corrected chi connectivity index (χ4v) is 9.36. The highest BCUT2D eigenvalue weighted by molar-refractivity contribution is 8.15. The van der Waals surface area contributed by atoms with Crippen LogP contribution >= 0.6 is 35.0 Å². The van der Waals surface area contributed by atoms with Crippen LogP contribution < -0.4 is 4.90 Å². The van der Waals surface area contributed by atoms with Crippen molar-refractivity contribution >= 4 is 62.2 Å².